The van der Waals surface area contributed by atoms with Crippen LogP contribution in [0.5, 0.6) is 0 Å². The van der Waals surface area contributed by atoms with Crippen LogP contribution in [-0.4, -0.2) is 59.1 Å². The average Bonchev–Trinajstić information content (AvgIpc) is 2.15. The van der Waals surface area contributed by atoms with Crippen LogP contribution in [0.3, 0.4) is 0 Å². The van der Waals surface area contributed by atoms with Gasteiger partial charge >= 0.3 is 5.97 Å². The zero-order valence-corrected chi connectivity index (χ0v) is 11.6. The molecule has 1 heterocycles. The van der Waals surface area contributed by atoms with Gasteiger partial charge in [0, 0.05) is 24.7 Å². The number of rotatable bonds is 4. The summed E-state index contributed by atoms with van der Waals surface area (Å²) in [5, 5.41) is 8.84. The van der Waals surface area contributed by atoms with Crippen LogP contribution in [0.4, 0.5) is 0 Å². The highest BCUT2D eigenvalue weighted by atomic mass is 16.4. The highest BCUT2D eigenvalue weighted by Crippen LogP contribution is 2.23. The van der Waals surface area contributed by atoms with Gasteiger partial charge in [-0.2, -0.15) is 0 Å². The Balaban J connectivity index is 2.64. The minimum absolute atomic E-state index is 0.0400. The molecule has 1 aliphatic heterocycles. The van der Waals surface area contributed by atoms with Gasteiger partial charge < -0.3 is 10.0 Å². The summed E-state index contributed by atoms with van der Waals surface area (Å²) in [5.74, 6) is -0.705. The van der Waals surface area contributed by atoms with E-state index < -0.39 is 5.97 Å². The molecule has 0 aliphatic carbocycles. The molecular weight excluding hydrogens is 216 g/mol. The van der Waals surface area contributed by atoms with Crippen LogP contribution in [0, 0.1) is 0 Å². The molecule has 1 saturated heterocycles. The highest BCUT2D eigenvalue weighted by molar-refractivity contribution is 5.66. The van der Waals surface area contributed by atoms with E-state index in [1.54, 1.807) is 0 Å². The third-order valence-corrected chi connectivity index (χ3v) is 3.47. The van der Waals surface area contributed by atoms with Gasteiger partial charge in [0.1, 0.15) is 0 Å². The summed E-state index contributed by atoms with van der Waals surface area (Å²) in [5.41, 5.74) is 0.0400. The first-order valence-corrected chi connectivity index (χ1v) is 6.48. The monoisotopic (exact) mass is 242 g/mol. The second-order valence-electron chi connectivity index (χ2n) is 6.07. The summed E-state index contributed by atoms with van der Waals surface area (Å²) in [4.78, 5) is 15.4. The lowest BCUT2D eigenvalue weighted by molar-refractivity contribution is -0.137. The van der Waals surface area contributed by atoms with E-state index in [9.17, 15) is 4.79 Å². The predicted molar refractivity (Wildman–Crippen MR) is 69.2 cm³/mol. The van der Waals surface area contributed by atoms with Crippen LogP contribution in [0.1, 0.15) is 40.0 Å². The van der Waals surface area contributed by atoms with E-state index in [2.05, 4.69) is 37.6 Å². The molecule has 0 spiro atoms. The molecule has 1 N–H and O–H groups in total. The Morgan fingerprint density at radius 1 is 1.47 bits per heavy atom. The Kier molecular flexibility index (Phi) is 4.95. The van der Waals surface area contributed by atoms with E-state index in [4.69, 9.17) is 5.11 Å². The number of hydrogen-bond donors (Lipinski definition) is 1. The van der Waals surface area contributed by atoms with Gasteiger partial charge in [0.15, 0.2) is 0 Å². The maximum Gasteiger partial charge on any atom is 0.304 e. The van der Waals surface area contributed by atoms with Crippen molar-refractivity contribution in [1.29, 1.82) is 0 Å². The zero-order valence-electron chi connectivity index (χ0n) is 11.6. The van der Waals surface area contributed by atoms with E-state index in [1.807, 2.05) is 0 Å². The standard InChI is InChI=1S/C13H26N2O2/c1-13(2,3)15(9-7-12(16)17)11-6-5-8-14(4)10-11/h11H,5-10H2,1-4H3,(H,16,17). The molecule has 4 heteroatoms. The summed E-state index contributed by atoms with van der Waals surface area (Å²) < 4.78 is 0. The van der Waals surface area contributed by atoms with Crippen molar-refractivity contribution in [2.24, 2.45) is 0 Å². The Labute approximate surface area is 105 Å². The summed E-state index contributed by atoms with van der Waals surface area (Å²) in [6.07, 6.45) is 2.62. The Bertz CT molecular complexity index is 261. The molecule has 1 fully saturated rings. The third kappa shape index (κ3) is 4.64. The molecule has 0 aromatic carbocycles. The molecule has 1 unspecified atom stereocenters. The molecule has 1 rings (SSSR count). The average molecular weight is 242 g/mol. The molecule has 4 nitrogen and oxygen atoms in total. The van der Waals surface area contributed by atoms with Gasteiger partial charge in [-0.3, -0.25) is 9.69 Å². The van der Waals surface area contributed by atoms with Crippen LogP contribution >= 0.6 is 0 Å². The number of nitrogens with zero attached hydrogens (tertiary/aromatic N) is 2. The minimum atomic E-state index is -0.705. The van der Waals surface area contributed by atoms with E-state index in [1.165, 1.54) is 12.8 Å². The number of likely N-dealkylation sites (tertiary alicyclic amines) is 1. The minimum Gasteiger partial charge on any atom is -0.481 e. The van der Waals surface area contributed by atoms with Crippen molar-refractivity contribution in [2.75, 3.05) is 26.7 Å². The number of hydrogen-bond acceptors (Lipinski definition) is 3. The Morgan fingerprint density at radius 2 is 2.12 bits per heavy atom. The van der Waals surface area contributed by atoms with E-state index >= 15 is 0 Å². The summed E-state index contributed by atoms with van der Waals surface area (Å²) in [6, 6.07) is 0.494. The number of aliphatic carboxylic acids is 1. The molecular formula is C13H26N2O2. The van der Waals surface area contributed by atoms with Gasteiger partial charge in [-0.25, -0.2) is 0 Å². The second kappa shape index (κ2) is 5.83. The zero-order chi connectivity index (χ0) is 13.1. The number of likely N-dealkylation sites (N-methyl/N-ethyl adjacent to an activating group) is 1. The molecule has 1 atom stereocenters. The fourth-order valence-electron chi connectivity index (χ4n) is 2.68. The largest absolute Gasteiger partial charge is 0.481 e. The number of piperidine rings is 1. The van der Waals surface area contributed by atoms with Crippen LogP contribution < -0.4 is 0 Å². The predicted octanol–water partition coefficient (Wildman–Crippen LogP) is 1.66. The van der Waals surface area contributed by atoms with E-state index in [-0.39, 0.29) is 12.0 Å². The Morgan fingerprint density at radius 3 is 2.59 bits per heavy atom. The van der Waals surface area contributed by atoms with Crippen molar-refractivity contribution < 1.29 is 9.90 Å². The van der Waals surface area contributed by atoms with Crippen LogP contribution in [0.2, 0.25) is 0 Å². The smallest absolute Gasteiger partial charge is 0.304 e. The number of carbonyl (C=O) groups is 1. The molecule has 0 saturated carbocycles. The normalized spacial score (nSPS) is 23.0. The lowest BCUT2D eigenvalue weighted by Gasteiger charge is -2.45. The van der Waals surface area contributed by atoms with E-state index in [0.29, 0.717) is 12.6 Å². The third-order valence-electron chi connectivity index (χ3n) is 3.47. The number of carboxylic acid groups (broad SMARTS) is 1. The van der Waals surface area contributed by atoms with Crippen molar-refractivity contribution in [2.45, 2.75) is 51.6 Å². The van der Waals surface area contributed by atoms with Crippen molar-refractivity contribution in [3.05, 3.63) is 0 Å². The molecule has 1 aliphatic rings. The van der Waals surface area contributed by atoms with Crippen molar-refractivity contribution >= 4 is 5.97 Å². The van der Waals surface area contributed by atoms with Gasteiger partial charge in [-0.15, -0.1) is 0 Å². The summed E-state index contributed by atoms with van der Waals surface area (Å²) in [6.45, 7) is 9.37. The van der Waals surface area contributed by atoms with Gasteiger partial charge in [0.25, 0.3) is 0 Å². The van der Waals surface area contributed by atoms with Crippen molar-refractivity contribution in [3.8, 4) is 0 Å². The van der Waals surface area contributed by atoms with Crippen LogP contribution in [0.25, 0.3) is 0 Å². The Hall–Kier alpha value is -0.610. The van der Waals surface area contributed by atoms with Gasteiger partial charge in [-0.1, -0.05) is 0 Å². The fraction of sp³-hybridized carbons (Fsp3) is 0.923. The molecule has 0 radical (unpaired) electrons. The number of carboxylic acids is 1. The van der Waals surface area contributed by atoms with Gasteiger partial charge in [0.05, 0.1) is 6.42 Å². The molecule has 0 bridgehead atoms. The first-order valence-electron chi connectivity index (χ1n) is 6.48. The SMILES string of the molecule is CN1CCCC(N(CCC(=O)O)C(C)(C)C)C1. The maximum atomic E-state index is 10.7. The maximum absolute atomic E-state index is 10.7. The topological polar surface area (TPSA) is 43.8 Å². The van der Waals surface area contributed by atoms with Gasteiger partial charge in [0.2, 0.25) is 0 Å². The molecule has 0 aromatic heterocycles. The highest BCUT2D eigenvalue weighted by Gasteiger charge is 2.31. The summed E-state index contributed by atoms with van der Waals surface area (Å²) in [7, 11) is 2.14. The summed E-state index contributed by atoms with van der Waals surface area (Å²) >= 11 is 0. The molecule has 0 amide bonds. The second-order valence-corrected chi connectivity index (χ2v) is 6.07. The quantitative estimate of drug-likeness (QED) is 0.814. The van der Waals surface area contributed by atoms with E-state index in [0.717, 1.165) is 13.1 Å². The van der Waals surface area contributed by atoms with Gasteiger partial charge in [-0.05, 0) is 47.2 Å². The molecule has 100 valence electrons. The van der Waals surface area contributed by atoms with Crippen molar-refractivity contribution in [1.82, 2.24) is 9.80 Å². The first-order chi connectivity index (χ1) is 7.80. The van der Waals surface area contributed by atoms with Crippen molar-refractivity contribution in [3.63, 3.8) is 0 Å². The fourth-order valence-corrected chi connectivity index (χ4v) is 2.68. The van der Waals surface area contributed by atoms with Crippen LogP contribution in [0.15, 0.2) is 0 Å². The molecule has 17 heavy (non-hydrogen) atoms. The van der Waals surface area contributed by atoms with Crippen LogP contribution in [-0.2, 0) is 4.79 Å². The lowest BCUT2D eigenvalue weighted by atomic mass is 9.97. The molecule has 0 aromatic rings. The lowest BCUT2D eigenvalue weighted by Crippen LogP contribution is -2.54. The first kappa shape index (κ1) is 14.5.